The molecule has 7 heteroatoms. The van der Waals surface area contributed by atoms with Gasteiger partial charge in [0.25, 0.3) is 5.91 Å². The van der Waals surface area contributed by atoms with E-state index in [2.05, 4.69) is 0 Å². The number of halogens is 2. The van der Waals surface area contributed by atoms with Crippen molar-refractivity contribution >= 4 is 11.9 Å². The topological polar surface area (TPSA) is 77.8 Å². The molecule has 1 heterocycles. The molecule has 0 spiro atoms. The zero-order valence-corrected chi connectivity index (χ0v) is 10.5. The van der Waals surface area contributed by atoms with E-state index in [4.69, 9.17) is 10.2 Å². The first-order chi connectivity index (χ1) is 9.45. The van der Waals surface area contributed by atoms with Crippen molar-refractivity contribution < 1.29 is 28.6 Å². The van der Waals surface area contributed by atoms with Gasteiger partial charge in [-0.1, -0.05) is 0 Å². The highest BCUT2D eigenvalue weighted by Crippen LogP contribution is 2.23. The molecule has 1 aromatic carbocycles. The van der Waals surface area contributed by atoms with Crippen LogP contribution in [0.2, 0.25) is 0 Å². The second-order valence-corrected chi connectivity index (χ2v) is 4.59. The number of benzene rings is 1. The Morgan fingerprint density at radius 1 is 1.25 bits per heavy atom. The fourth-order valence-electron chi connectivity index (χ4n) is 2.35. The van der Waals surface area contributed by atoms with Crippen molar-refractivity contribution in [3.8, 4) is 0 Å². The summed E-state index contributed by atoms with van der Waals surface area (Å²) in [6.07, 6.45) is 1.26. The summed E-state index contributed by atoms with van der Waals surface area (Å²) < 4.78 is 26.4. The molecule has 108 valence electrons. The lowest BCUT2D eigenvalue weighted by Gasteiger charge is -2.23. The Labute approximate surface area is 113 Å². The zero-order valence-electron chi connectivity index (χ0n) is 10.5. The third-order valence-corrected chi connectivity index (χ3v) is 3.37. The van der Waals surface area contributed by atoms with Crippen LogP contribution in [-0.4, -0.2) is 46.2 Å². The Hall–Kier alpha value is -2.02. The van der Waals surface area contributed by atoms with Crippen LogP contribution in [0.5, 0.6) is 0 Å². The summed E-state index contributed by atoms with van der Waals surface area (Å²) in [6.45, 7) is 0.0972. The Morgan fingerprint density at radius 2 is 1.85 bits per heavy atom. The highest BCUT2D eigenvalue weighted by molar-refractivity contribution is 6.05. The van der Waals surface area contributed by atoms with E-state index in [9.17, 15) is 18.4 Å². The van der Waals surface area contributed by atoms with Gasteiger partial charge in [-0.2, -0.15) is 0 Å². The van der Waals surface area contributed by atoms with Crippen LogP contribution < -0.4 is 0 Å². The van der Waals surface area contributed by atoms with Gasteiger partial charge in [0.15, 0.2) is 11.6 Å². The van der Waals surface area contributed by atoms with Crippen LogP contribution >= 0.6 is 0 Å². The number of likely N-dealkylation sites (tertiary alicyclic amines) is 1. The summed E-state index contributed by atoms with van der Waals surface area (Å²) in [4.78, 5) is 24.6. The van der Waals surface area contributed by atoms with Gasteiger partial charge in [0, 0.05) is 6.54 Å². The Bertz CT molecular complexity index is 562. The number of carboxylic acids is 1. The van der Waals surface area contributed by atoms with Crippen molar-refractivity contribution in [2.24, 2.45) is 0 Å². The van der Waals surface area contributed by atoms with Crippen molar-refractivity contribution in [1.29, 1.82) is 0 Å². The van der Waals surface area contributed by atoms with Gasteiger partial charge in [0.1, 0.15) is 0 Å². The molecule has 20 heavy (non-hydrogen) atoms. The van der Waals surface area contributed by atoms with Crippen LogP contribution in [0.3, 0.4) is 0 Å². The molecule has 1 amide bonds. The highest BCUT2D eigenvalue weighted by Gasteiger charge is 2.31. The van der Waals surface area contributed by atoms with Crippen molar-refractivity contribution in [3.63, 3.8) is 0 Å². The fraction of sp³-hybridized carbons (Fsp3) is 0.385. The minimum absolute atomic E-state index is 0.252. The number of aliphatic hydroxyl groups is 1. The van der Waals surface area contributed by atoms with Gasteiger partial charge < -0.3 is 15.1 Å². The van der Waals surface area contributed by atoms with Gasteiger partial charge in [-0.05, 0) is 25.0 Å². The number of aliphatic hydroxyl groups excluding tert-OH is 1. The molecule has 1 atom stereocenters. The number of carboxylic acid groups (broad SMARTS) is 1. The molecule has 2 N–H and O–H groups in total. The fourth-order valence-corrected chi connectivity index (χ4v) is 2.35. The highest BCUT2D eigenvalue weighted by atomic mass is 19.2. The van der Waals surface area contributed by atoms with Gasteiger partial charge in [-0.25, -0.2) is 13.6 Å². The number of amides is 1. The second-order valence-electron chi connectivity index (χ2n) is 4.59. The molecule has 1 aromatic rings. The van der Waals surface area contributed by atoms with Crippen molar-refractivity contribution in [2.45, 2.75) is 18.9 Å². The average molecular weight is 285 g/mol. The van der Waals surface area contributed by atoms with Crippen molar-refractivity contribution in [3.05, 3.63) is 34.9 Å². The number of rotatable bonds is 3. The summed E-state index contributed by atoms with van der Waals surface area (Å²) in [5, 5.41) is 18.2. The molecule has 1 saturated heterocycles. The SMILES string of the molecule is O=C(O)c1cc(F)c(F)cc1C(=O)N1CCC[C@@H]1CO. The minimum atomic E-state index is -1.51. The Kier molecular flexibility index (Phi) is 3.99. The zero-order chi connectivity index (χ0) is 14.9. The molecule has 5 nitrogen and oxygen atoms in total. The normalized spacial score (nSPS) is 18.4. The maximum atomic E-state index is 13.3. The molecular weight excluding hydrogens is 272 g/mol. The van der Waals surface area contributed by atoms with E-state index in [0.717, 1.165) is 0 Å². The van der Waals surface area contributed by atoms with Crippen LogP contribution in [0.25, 0.3) is 0 Å². The maximum absolute atomic E-state index is 13.3. The van der Waals surface area contributed by atoms with Crippen LogP contribution in [-0.2, 0) is 0 Å². The second kappa shape index (κ2) is 5.54. The van der Waals surface area contributed by atoms with E-state index in [1.165, 1.54) is 4.90 Å². The van der Waals surface area contributed by atoms with E-state index in [0.29, 0.717) is 31.5 Å². The summed E-state index contributed by atoms with van der Waals surface area (Å²) in [7, 11) is 0. The maximum Gasteiger partial charge on any atom is 0.336 e. The van der Waals surface area contributed by atoms with Crippen LogP contribution in [0.15, 0.2) is 12.1 Å². The smallest absolute Gasteiger partial charge is 0.336 e. The van der Waals surface area contributed by atoms with Gasteiger partial charge in [0.2, 0.25) is 0 Å². The predicted molar refractivity (Wildman–Crippen MR) is 64.5 cm³/mol. The largest absolute Gasteiger partial charge is 0.478 e. The number of hydrogen-bond acceptors (Lipinski definition) is 3. The molecule has 0 aromatic heterocycles. The van der Waals surface area contributed by atoms with Gasteiger partial charge in [-0.15, -0.1) is 0 Å². The van der Waals surface area contributed by atoms with Crippen molar-refractivity contribution in [1.82, 2.24) is 4.90 Å². The van der Waals surface area contributed by atoms with E-state index >= 15 is 0 Å². The lowest BCUT2D eigenvalue weighted by Crippen LogP contribution is -2.38. The van der Waals surface area contributed by atoms with E-state index < -0.39 is 40.7 Å². The quantitative estimate of drug-likeness (QED) is 0.876. The third kappa shape index (κ3) is 2.49. The Morgan fingerprint density at radius 3 is 2.40 bits per heavy atom. The van der Waals surface area contributed by atoms with E-state index in [-0.39, 0.29) is 6.61 Å². The molecule has 1 aliphatic rings. The average Bonchev–Trinajstić information content (AvgIpc) is 2.88. The number of aromatic carboxylic acids is 1. The number of nitrogens with zero attached hydrogens (tertiary/aromatic N) is 1. The van der Waals surface area contributed by atoms with E-state index in [1.54, 1.807) is 0 Å². The first kappa shape index (κ1) is 14.4. The summed E-state index contributed by atoms with van der Waals surface area (Å²) >= 11 is 0. The van der Waals surface area contributed by atoms with E-state index in [1.807, 2.05) is 0 Å². The molecule has 0 unspecified atom stereocenters. The predicted octanol–water partition coefficient (Wildman–Crippen LogP) is 1.26. The molecule has 0 saturated carbocycles. The molecule has 0 bridgehead atoms. The number of hydrogen-bond donors (Lipinski definition) is 2. The first-order valence-electron chi connectivity index (χ1n) is 6.10. The summed E-state index contributed by atoms with van der Waals surface area (Å²) in [5.41, 5.74) is -0.991. The van der Waals surface area contributed by atoms with Crippen LogP contribution in [0.4, 0.5) is 8.78 Å². The summed E-state index contributed by atoms with van der Waals surface area (Å²) in [6, 6.07) is 0.667. The third-order valence-electron chi connectivity index (χ3n) is 3.37. The van der Waals surface area contributed by atoms with Crippen LogP contribution in [0, 0.1) is 11.6 Å². The number of carbonyl (C=O) groups is 2. The van der Waals surface area contributed by atoms with Gasteiger partial charge in [0.05, 0.1) is 23.8 Å². The molecule has 0 aliphatic carbocycles. The molecule has 1 fully saturated rings. The van der Waals surface area contributed by atoms with Crippen molar-refractivity contribution in [2.75, 3.05) is 13.2 Å². The molecule has 1 aliphatic heterocycles. The molecule has 0 radical (unpaired) electrons. The lowest BCUT2D eigenvalue weighted by molar-refractivity contribution is 0.0644. The first-order valence-corrected chi connectivity index (χ1v) is 6.10. The number of carbonyl (C=O) groups excluding carboxylic acids is 1. The molecular formula is C13H13F2NO4. The van der Waals surface area contributed by atoms with Gasteiger partial charge in [-0.3, -0.25) is 4.79 Å². The van der Waals surface area contributed by atoms with Crippen LogP contribution in [0.1, 0.15) is 33.6 Å². The standard InChI is InChI=1S/C13H13F2NO4/c14-10-4-8(9(13(19)20)5-11(10)15)12(18)16-3-1-2-7(16)6-17/h4-5,7,17H,1-3,6H2,(H,19,20)/t7-/m1/s1. The molecule has 2 rings (SSSR count). The minimum Gasteiger partial charge on any atom is -0.478 e. The summed E-state index contributed by atoms with van der Waals surface area (Å²) in [5.74, 6) is -4.82. The van der Waals surface area contributed by atoms with Gasteiger partial charge >= 0.3 is 5.97 Å². The lowest BCUT2D eigenvalue weighted by atomic mass is 10.1. The Balaban J connectivity index is 2.43. The monoisotopic (exact) mass is 285 g/mol.